The summed E-state index contributed by atoms with van der Waals surface area (Å²) in [5.74, 6) is 0.794. The zero-order valence-corrected chi connectivity index (χ0v) is 14.4. The van der Waals surface area contributed by atoms with Gasteiger partial charge in [0.05, 0.1) is 11.0 Å². The minimum Gasteiger partial charge on any atom is -0.345 e. The van der Waals surface area contributed by atoms with Gasteiger partial charge in [-0.25, -0.2) is 4.98 Å². The van der Waals surface area contributed by atoms with Gasteiger partial charge in [-0.05, 0) is 35.9 Å². The number of nitrogens with zero attached hydrogens (tertiary/aromatic N) is 2. The Morgan fingerprint density at radius 1 is 1.22 bits per heavy atom. The number of halogens is 1. The van der Waals surface area contributed by atoms with Crippen molar-refractivity contribution in [3.8, 4) is 0 Å². The molecule has 0 aliphatic rings. The molecule has 0 aliphatic carbocycles. The maximum absolute atomic E-state index is 11.9. The summed E-state index contributed by atoms with van der Waals surface area (Å²) in [5.41, 5.74) is 3.68. The monoisotopic (exact) mass is 345 g/mol. The van der Waals surface area contributed by atoms with Crippen LogP contribution in [0.4, 0.5) is 0 Å². The summed E-state index contributed by atoms with van der Waals surface area (Å²) in [4.78, 5) is 21.2. The lowest BCUT2D eigenvalue weighted by Gasteiger charge is -2.10. The fraction of sp³-hybridized carbons (Fsp3) is 0.176. The molecule has 118 valence electrons. The number of imidazole rings is 1. The second-order valence-electron chi connectivity index (χ2n) is 5.39. The number of benzene rings is 2. The smallest absolute Gasteiger partial charge is 0.253 e. The zero-order valence-electron chi connectivity index (χ0n) is 12.8. The second-order valence-corrected chi connectivity index (χ2v) is 6.79. The topological polar surface area (TPSA) is 49.0 Å². The Morgan fingerprint density at radius 3 is 2.65 bits per heavy atom. The van der Waals surface area contributed by atoms with E-state index >= 15 is 0 Å². The van der Waals surface area contributed by atoms with Crippen molar-refractivity contribution < 1.29 is 4.79 Å². The molecule has 0 fully saturated rings. The highest BCUT2D eigenvalue weighted by molar-refractivity contribution is 7.98. The molecule has 6 heteroatoms. The fourth-order valence-electron chi connectivity index (χ4n) is 2.18. The average molecular weight is 346 g/mol. The minimum atomic E-state index is 0.0124. The lowest BCUT2D eigenvalue weighted by Crippen LogP contribution is -2.21. The molecule has 0 saturated carbocycles. The number of carbonyl (C=O) groups excluding carboxylic acids is 1. The van der Waals surface area contributed by atoms with E-state index in [1.807, 2.05) is 42.5 Å². The van der Waals surface area contributed by atoms with Crippen molar-refractivity contribution in [3.63, 3.8) is 0 Å². The van der Waals surface area contributed by atoms with Crippen LogP contribution in [0.3, 0.4) is 0 Å². The molecule has 0 spiro atoms. The molecule has 23 heavy (non-hydrogen) atoms. The quantitative estimate of drug-likeness (QED) is 0.720. The molecule has 0 radical (unpaired) electrons. The number of H-pyrrole nitrogens is 1. The largest absolute Gasteiger partial charge is 0.345 e. The first-order valence-corrected chi connectivity index (χ1v) is 8.48. The lowest BCUT2D eigenvalue weighted by molar-refractivity contribution is 0.0827. The third-order valence-electron chi connectivity index (χ3n) is 3.40. The van der Waals surface area contributed by atoms with Crippen molar-refractivity contribution in [1.29, 1.82) is 0 Å². The van der Waals surface area contributed by atoms with E-state index in [0.29, 0.717) is 10.6 Å². The number of hydrogen-bond donors (Lipinski definition) is 1. The van der Waals surface area contributed by atoms with Crippen molar-refractivity contribution in [3.05, 3.63) is 58.6 Å². The van der Waals surface area contributed by atoms with Crippen molar-refractivity contribution in [2.75, 3.05) is 14.1 Å². The molecule has 0 saturated heterocycles. The minimum absolute atomic E-state index is 0.0124. The van der Waals surface area contributed by atoms with E-state index in [1.165, 1.54) is 0 Å². The van der Waals surface area contributed by atoms with E-state index in [1.54, 1.807) is 30.8 Å². The predicted molar refractivity (Wildman–Crippen MR) is 95.1 cm³/mol. The van der Waals surface area contributed by atoms with Crippen LogP contribution in [0.5, 0.6) is 0 Å². The summed E-state index contributed by atoms with van der Waals surface area (Å²) in [5, 5.41) is 1.55. The summed E-state index contributed by atoms with van der Waals surface area (Å²) in [7, 11) is 3.50. The van der Waals surface area contributed by atoms with E-state index < -0.39 is 0 Å². The standard InChI is InChI=1S/C17H16ClN3OS/c1-21(2)16(22)12-5-3-11(4-6-12)10-23-17-19-14-8-7-13(18)9-15(14)20-17/h3-9H,10H2,1-2H3,(H,19,20). The van der Waals surface area contributed by atoms with Gasteiger partial charge in [0.25, 0.3) is 5.91 Å². The number of fused-ring (bicyclic) bond motifs is 1. The normalized spacial score (nSPS) is 10.9. The van der Waals surface area contributed by atoms with Crippen LogP contribution in [0.25, 0.3) is 11.0 Å². The lowest BCUT2D eigenvalue weighted by atomic mass is 10.1. The molecule has 1 aromatic heterocycles. The second kappa shape index (κ2) is 6.64. The van der Waals surface area contributed by atoms with Crippen molar-refractivity contribution in [2.24, 2.45) is 0 Å². The Kier molecular flexibility index (Phi) is 4.59. The first-order chi connectivity index (χ1) is 11.0. The van der Waals surface area contributed by atoms with E-state index in [-0.39, 0.29) is 5.91 Å². The summed E-state index contributed by atoms with van der Waals surface area (Å²) in [6, 6.07) is 13.3. The first kappa shape index (κ1) is 15.9. The van der Waals surface area contributed by atoms with Gasteiger partial charge in [0.2, 0.25) is 0 Å². The van der Waals surface area contributed by atoms with Crippen LogP contribution in [0, 0.1) is 0 Å². The summed E-state index contributed by atoms with van der Waals surface area (Å²) < 4.78 is 0. The van der Waals surface area contributed by atoms with Gasteiger partial charge in [-0.15, -0.1) is 0 Å². The number of hydrogen-bond acceptors (Lipinski definition) is 3. The maximum atomic E-state index is 11.9. The van der Waals surface area contributed by atoms with Crippen LogP contribution in [0.15, 0.2) is 47.6 Å². The molecule has 3 rings (SSSR count). The van der Waals surface area contributed by atoms with Gasteiger partial charge < -0.3 is 9.88 Å². The van der Waals surface area contributed by atoms with Gasteiger partial charge in [-0.3, -0.25) is 4.79 Å². The molecule has 4 nitrogen and oxygen atoms in total. The first-order valence-electron chi connectivity index (χ1n) is 7.11. The van der Waals surface area contributed by atoms with Crippen molar-refractivity contribution in [2.45, 2.75) is 10.9 Å². The Morgan fingerprint density at radius 2 is 1.96 bits per heavy atom. The fourth-order valence-corrected chi connectivity index (χ4v) is 3.19. The van der Waals surface area contributed by atoms with Crippen molar-refractivity contribution in [1.82, 2.24) is 14.9 Å². The number of nitrogens with one attached hydrogen (secondary N) is 1. The van der Waals surface area contributed by atoms with Crippen molar-refractivity contribution >= 4 is 40.3 Å². The van der Waals surface area contributed by atoms with Crippen LogP contribution >= 0.6 is 23.4 Å². The molecule has 3 aromatic rings. The number of amides is 1. The summed E-state index contributed by atoms with van der Waals surface area (Å²) >= 11 is 7.60. The number of thioether (sulfide) groups is 1. The molecular weight excluding hydrogens is 330 g/mol. The van der Waals surface area contributed by atoms with Crippen LogP contribution < -0.4 is 0 Å². The SMILES string of the molecule is CN(C)C(=O)c1ccc(CSc2nc3ccc(Cl)cc3[nH]2)cc1. The van der Waals surface area contributed by atoms with Gasteiger partial charge in [-0.2, -0.15) is 0 Å². The van der Waals surface area contributed by atoms with Gasteiger partial charge >= 0.3 is 0 Å². The molecule has 0 unspecified atom stereocenters. The van der Waals surface area contributed by atoms with Gasteiger partial charge in [0, 0.05) is 30.4 Å². The molecule has 0 atom stereocenters. The van der Waals surface area contributed by atoms with E-state index in [2.05, 4.69) is 9.97 Å². The van der Waals surface area contributed by atoms with Gasteiger partial charge in [0.1, 0.15) is 0 Å². The van der Waals surface area contributed by atoms with E-state index in [0.717, 1.165) is 27.5 Å². The van der Waals surface area contributed by atoms with E-state index in [9.17, 15) is 4.79 Å². The van der Waals surface area contributed by atoms with Crippen LogP contribution in [-0.4, -0.2) is 34.9 Å². The third-order valence-corrected chi connectivity index (χ3v) is 4.58. The molecule has 1 heterocycles. The van der Waals surface area contributed by atoms with Crippen LogP contribution in [0.2, 0.25) is 5.02 Å². The maximum Gasteiger partial charge on any atom is 0.253 e. The molecule has 0 bridgehead atoms. The highest BCUT2D eigenvalue weighted by Crippen LogP contribution is 2.24. The van der Waals surface area contributed by atoms with Crippen LogP contribution in [0.1, 0.15) is 15.9 Å². The van der Waals surface area contributed by atoms with E-state index in [4.69, 9.17) is 11.6 Å². The Bertz CT molecular complexity index is 843. The molecular formula is C17H16ClN3OS. The predicted octanol–water partition coefficient (Wildman–Crippen LogP) is 4.21. The highest BCUT2D eigenvalue weighted by atomic mass is 35.5. The van der Waals surface area contributed by atoms with Crippen LogP contribution in [-0.2, 0) is 5.75 Å². The third kappa shape index (κ3) is 3.68. The highest BCUT2D eigenvalue weighted by Gasteiger charge is 2.08. The molecule has 2 aromatic carbocycles. The average Bonchev–Trinajstić information content (AvgIpc) is 2.94. The Balaban J connectivity index is 1.68. The summed E-state index contributed by atoms with van der Waals surface area (Å²) in [6.07, 6.45) is 0. The molecule has 1 N–H and O–H groups in total. The summed E-state index contributed by atoms with van der Waals surface area (Å²) in [6.45, 7) is 0. The number of aromatic nitrogens is 2. The number of carbonyl (C=O) groups is 1. The molecule has 1 amide bonds. The number of rotatable bonds is 4. The Labute approximate surface area is 143 Å². The van der Waals surface area contributed by atoms with Gasteiger partial charge in [-0.1, -0.05) is 35.5 Å². The Hall–Kier alpha value is -1.98. The molecule has 0 aliphatic heterocycles. The van der Waals surface area contributed by atoms with Gasteiger partial charge in [0.15, 0.2) is 5.16 Å². The number of aromatic amines is 1. The zero-order chi connectivity index (χ0) is 16.4.